The van der Waals surface area contributed by atoms with Crippen LogP contribution < -0.4 is 16.0 Å². The number of thioether (sulfide) groups is 1. The number of carbonyl (C=O) groups excluding carboxylic acids is 1. The van der Waals surface area contributed by atoms with Crippen LogP contribution in [0.25, 0.3) is 0 Å². The number of amides is 1. The summed E-state index contributed by atoms with van der Waals surface area (Å²) < 4.78 is 0. The number of rotatable bonds is 7. The molecule has 132 valence electrons. The summed E-state index contributed by atoms with van der Waals surface area (Å²) in [7, 11) is 1.79. The van der Waals surface area contributed by atoms with Crippen LogP contribution in [0.1, 0.15) is 38.2 Å². The van der Waals surface area contributed by atoms with E-state index < -0.39 is 0 Å². The monoisotopic (exact) mass is 348 g/mol. The summed E-state index contributed by atoms with van der Waals surface area (Å²) in [5, 5.41) is 10.4. The third-order valence-corrected chi connectivity index (χ3v) is 5.29. The number of nitrogens with zero attached hydrogens (tertiary/aromatic N) is 1. The molecule has 3 N–H and O–H groups in total. The Hall–Kier alpha value is -1.69. The normalized spacial score (nSPS) is 17.6. The van der Waals surface area contributed by atoms with E-state index in [2.05, 4.69) is 20.9 Å². The largest absolute Gasteiger partial charge is 0.355 e. The first-order valence-corrected chi connectivity index (χ1v) is 9.71. The highest BCUT2D eigenvalue weighted by Gasteiger charge is 2.15. The van der Waals surface area contributed by atoms with Gasteiger partial charge in [0.05, 0.1) is 0 Å². The Morgan fingerprint density at radius 1 is 1.38 bits per heavy atom. The molecule has 1 atom stereocenters. The number of aliphatic imine (C=N–C) groups is 1. The molecule has 0 spiro atoms. The number of carbonyl (C=O) groups is 1. The smallest absolute Gasteiger partial charge is 0.224 e. The average Bonchev–Trinajstić information content (AvgIpc) is 3.09. The molecule has 1 heterocycles. The summed E-state index contributed by atoms with van der Waals surface area (Å²) in [5.74, 6) is 2.16. The zero-order valence-corrected chi connectivity index (χ0v) is 15.4. The van der Waals surface area contributed by atoms with E-state index in [0.717, 1.165) is 30.2 Å². The predicted molar refractivity (Wildman–Crippen MR) is 104 cm³/mol. The molecule has 1 aliphatic rings. The fourth-order valence-electron chi connectivity index (χ4n) is 2.63. The Labute approximate surface area is 149 Å². The van der Waals surface area contributed by atoms with Crippen molar-refractivity contribution in [2.75, 3.05) is 24.7 Å². The van der Waals surface area contributed by atoms with Crippen LogP contribution in [-0.4, -0.2) is 36.5 Å². The van der Waals surface area contributed by atoms with Crippen LogP contribution in [0.5, 0.6) is 0 Å². The standard InChI is InChI=1S/C18H28N4OS/c1-3-6-17(23)22-15-8-4-7-14(11-15)12-20-18(19-2)21-13-16-9-5-10-24-16/h4,7-8,11,16H,3,5-6,9-10,12-13H2,1-2H3,(H,22,23)(H2,19,20,21). The van der Waals surface area contributed by atoms with E-state index in [0.29, 0.717) is 18.2 Å². The highest BCUT2D eigenvalue weighted by atomic mass is 32.2. The zero-order chi connectivity index (χ0) is 17.2. The van der Waals surface area contributed by atoms with Crippen LogP contribution in [0.3, 0.4) is 0 Å². The molecular formula is C18H28N4OS. The Morgan fingerprint density at radius 3 is 2.96 bits per heavy atom. The molecule has 0 saturated carbocycles. The van der Waals surface area contributed by atoms with E-state index in [-0.39, 0.29) is 5.91 Å². The van der Waals surface area contributed by atoms with E-state index in [1.165, 1.54) is 18.6 Å². The first-order valence-electron chi connectivity index (χ1n) is 8.66. The molecule has 24 heavy (non-hydrogen) atoms. The average molecular weight is 349 g/mol. The summed E-state index contributed by atoms with van der Waals surface area (Å²) in [6.07, 6.45) is 4.01. The van der Waals surface area contributed by atoms with E-state index in [1.54, 1.807) is 7.05 Å². The minimum absolute atomic E-state index is 0.0640. The Morgan fingerprint density at radius 2 is 2.25 bits per heavy atom. The van der Waals surface area contributed by atoms with Gasteiger partial charge in [-0.2, -0.15) is 11.8 Å². The Bertz CT molecular complexity index is 556. The molecule has 2 rings (SSSR count). The fraction of sp³-hybridized carbons (Fsp3) is 0.556. The second-order valence-corrected chi connectivity index (χ2v) is 7.35. The molecule has 1 aliphatic heterocycles. The number of hydrogen-bond acceptors (Lipinski definition) is 3. The van der Waals surface area contributed by atoms with Crippen molar-refractivity contribution < 1.29 is 4.79 Å². The van der Waals surface area contributed by atoms with Crippen molar-refractivity contribution in [3.05, 3.63) is 29.8 Å². The van der Waals surface area contributed by atoms with Gasteiger partial charge in [-0.3, -0.25) is 9.79 Å². The third kappa shape index (κ3) is 6.43. The van der Waals surface area contributed by atoms with Gasteiger partial charge in [0, 0.05) is 37.5 Å². The molecule has 1 aromatic rings. The number of benzene rings is 1. The molecular weight excluding hydrogens is 320 g/mol. The lowest BCUT2D eigenvalue weighted by molar-refractivity contribution is -0.116. The molecule has 1 aromatic carbocycles. The van der Waals surface area contributed by atoms with Crippen molar-refractivity contribution in [2.24, 2.45) is 4.99 Å². The van der Waals surface area contributed by atoms with Gasteiger partial charge in [0.2, 0.25) is 5.91 Å². The van der Waals surface area contributed by atoms with Crippen LogP contribution in [0.15, 0.2) is 29.3 Å². The molecule has 1 fully saturated rings. The highest BCUT2D eigenvalue weighted by molar-refractivity contribution is 8.00. The molecule has 1 amide bonds. The summed E-state index contributed by atoms with van der Waals surface area (Å²) in [6.45, 7) is 3.63. The van der Waals surface area contributed by atoms with Gasteiger partial charge in [-0.1, -0.05) is 19.1 Å². The second-order valence-electron chi connectivity index (χ2n) is 5.94. The van der Waals surface area contributed by atoms with Gasteiger partial charge in [-0.05, 0) is 42.7 Å². The highest BCUT2D eigenvalue weighted by Crippen LogP contribution is 2.25. The summed E-state index contributed by atoms with van der Waals surface area (Å²) in [6, 6.07) is 7.93. The van der Waals surface area contributed by atoms with Gasteiger partial charge in [-0.15, -0.1) is 0 Å². The number of hydrogen-bond donors (Lipinski definition) is 3. The number of nitrogens with one attached hydrogen (secondary N) is 3. The van der Waals surface area contributed by atoms with E-state index in [4.69, 9.17) is 0 Å². The third-order valence-electron chi connectivity index (χ3n) is 3.89. The summed E-state index contributed by atoms with van der Waals surface area (Å²) in [4.78, 5) is 16.0. The van der Waals surface area contributed by atoms with Crippen LogP contribution in [0.2, 0.25) is 0 Å². The van der Waals surface area contributed by atoms with Crippen LogP contribution in [-0.2, 0) is 11.3 Å². The molecule has 0 radical (unpaired) electrons. The summed E-state index contributed by atoms with van der Waals surface area (Å²) >= 11 is 2.04. The maximum atomic E-state index is 11.7. The van der Waals surface area contributed by atoms with Crippen molar-refractivity contribution in [2.45, 2.75) is 44.4 Å². The molecule has 5 nitrogen and oxygen atoms in total. The topological polar surface area (TPSA) is 65.5 Å². The van der Waals surface area contributed by atoms with Crippen LogP contribution in [0, 0.1) is 0 Å². The predicted octanol–water partition coefficient (Wildman–Crippen LogP) is 2.99. The second kappa shape index (κ2) is 10.2. The van der Waals surface area contributed by atoms with Gasteiger partial charge in [0.15, 0.2) is 5.96 Å². The Balaban J connectivity index is 1.80. The van der Waals surface area contributed by atoms with Crippen molar-refractivity contribution in [3.8, 4) is 0 Å². The molecule has 6 heteroatoms. The molecule has 0 bridgehead atoms. The lowest BCUT2D eigenvalue weighted by Gasteiger charge is -2.15. The maximum absolute atomic E-state index is 11.7. The van der Waals surface area contributed by atoms with Gasteiger partial charge >= 0.3 is 0 Å². The number of anilines is 1. The summed E-state index contributed by atoms with van der Waals surface area (Å²) in [5.41, 5.74) is 1.96. The lowest BCUT2D eigenvalue weighted by atomic mass is 10.2. The van der Waals surface area contributed by atoms with Gasteiger partial charge in [-0.25, -0.2) is 0 Å². The van der Waals surface area contributed by atoms with Crippen molar-refractivity contribution >= 4 is 29.3 Å². The SMILES string of the molecule is CCCC(=O)Nc1cccc(CNC(=NC)NCC2CCCS2)c1. The maximum Gasteiger partial charge on any atom is 0.224 e. The first-order chi connectivity index (χ1) is 11.7. The fourth-order valence-corrected chi connectivity index (χ4v) is 3.83. The molecule has 0 aromatic heterocycles. The van der Waals surface area contributed by atoms with Crippen LogP contribution >= 0.6 is 11.8 Å². The molecule has 1 saturated heterocycles. The van der Waals surface area contributed by atoms with Crippen molar-refractivity contribution in [3.63, 3.8) is 0 Å². The lowest BCUT2D eigenvalue weighted by Crippen LogP contribution is -2.39. The minimum atomic E-state index is 0.0640. The van der Waals surface area contributed by atoms with E-state index in [1.807, 2.05) is 43.0 Å². The van der Waals surface area contributed by atoms with Crippen molar-refractivity contribution in [1.29, 1.82) is 0 Å². The number of guanidine groups is 1. The quantitative estimate of drug-likeness (QED) is 0.523. The van der Waals surface area contributed by atoms with Gasteiger partial charge in [0.1, 0.15) is 0 Å². The first kappa shape index (κ1) is 18.6. The Kier molecular flexibility index (Phi) is 7.95. The van der Waals surface area contributed by atoms with E-state index in [9.17, 15) is 4.79 Å². The molecule has 0 aliphatic carbocycles. The van der Waals surface area contributed by atoms with Gasteiger partial charge in [0.25, 0.3) is 0 Å². The zero-order valence-electron chi connectivity index (χ0n) is 14.6. The van der Waals surface area contributed by atoms with Gasteiger partial charge < -0.3 is 16.0 Å². The van der Waals surface area contributed by atoms with Crippen molar-refractivity contribution in [1.82, 2.24) is 10.6 Å². The van der Waals surface area contributed by atoms with Crippen LogP contribution in [0.4, 0.5) is 5.69 Å². The minimum Gasteiger partial charge on any atom is -0.355 e. The van der Waals surface area contributed by atoms with E-state index >= 15 is 0 Å². The molecule has 1 unspecified atom stereocenters.